The van der Waals surface area contributed by atoms with Crippen LogP contribution in [0.3, 0.4) is 0 Å². The van der Waals surface area contributed by atoms with E-state index in [1.165, 1.54) is 16.4 Å². The molecule has 0 spiro atoms. The third-order valence-electron chi connectivity index (χ3n) is 5.45. The van der Waals surface area contributed by atoms with Gasteiger partial charge in [-0.15, -0.1) is 0 Å². The highest BCUT2D eigenvalue weighted by Gasteiger charge is 2.61. The van der Waals surface area contributed by atoms with Crippen molar-refractivity contribution in [3.8, 4) is 0 Å². The van der Waals surface area contributed by atoms with Crippen LogP contribution in [-0.2, 0) is 24.3 Å². The molecule has 6 nitrogen and oxygen atoms in total. The van der Waals surface area contributed by atoms with E-state index in [4.69, 9.17) is 4.18 Å². The van der Waals surface area contributed by atoms with Gasteiger partial charge >= 0.3 is 0 Å². The first-order valence-corrected chi connectivity index (χ1v) is 12.2. The summed E-state index contributed by atoms with van der Waals surface area (Å²) in [5, 5.41) is 0. The van der Waals surface area contributed by atoms with E-state index in [2.05, 4.69) is 0 Å². The number of hydrogen-bond acceptors (Lipinski definition) is 5. The summed E-state index contributed by atoms with van der Waals surface area (Å²) in [6.07, 6.45) is 1.31. The van der Waals surface area contributed by atoms with Crippen molar-refractivity contribution < 1.29 is 21.0 Å². The fraction of sp³-hybridized carbons (Fsp3) is 0.400. The fourth-order valence-corrected chi connectivity index (χ4v) is 6.85. The minimum absolute atomic E-state index is 0.0915. The Morgan fingerprint density at radius 2 is 1.36 bits per heavy atom. The third kappa shape index (κ3) is 3.50. The predicted molar refractivity (Wildman–Crippen MR) is 105 cm³/mol. The average Bonchev–Trinajstić information content (AvgIpc) is 3.39. The Balaban J connectivity index is 1.56. The molecule has 2 aromatic carbocycles. The number of sulfonamides is 1. The van der Waals surface area contributed by atoms with Crippen LogP contribution in [0.25, 0.3) is 0 Å². The number of nitrogens with zero attached hydrogens (tertiary/aromatic N) is 1. The molecule has 1 aliphatic carbocycles. The zero-order valence-electron chi connectivity index (χ0n) is 15.8. The summed E-state index contributed by atoms with van der Waals surface area (Å²) < 4.78 is 58.2. The van der Waals surface area contributed by atoms with Crippen LogP contribution in [0.15, 0.2) is 58.3 Å². The molecule has 1 aliphatic heterocycles. The molecule has 0 aromatic heterocycles. The van der Waals surface area contributed by atoms with E-state index in [-0.39, 0.29) is 15.8 Å². The largest absolute Gasteiger partial charge is 0.297 e. The Morgan fingerprint density at radius 3 is 1.93 bits per heavy atom. The highest BCUT2D eigenvalue weighted by atomic mass is 32.2. The van der Waals surface area contributed by atoms with Gasteiger partial charge in [0.15, 0.2) is 0 Å². The molecular formula is C20H23NO5S2. The Bertz CT molecular complexity index is 1080. The van der Waals surface area contributed by atoms with Crippen LogP contribution in [0.4, 0.5) is 0 Å². The molecule has 1 saturated heterocycles. The molecule has 2 aliphatic rings. The molecule has 28 heavy (non-hydrogen) atoms. The second-order valence-electron chi connectivity index (χ2n) is 7.54. The van der Waals surface area contributed by atoms with Gasteiger partial charge in [-0.25, -0.2) is 8.42 Å². The number of benzene rings is 2. The van der Waals surface area contributed by atoms with Crippen molar-refractivity contribution in [3.05, 3.63) is 59.7 Å². The lowest BCUT2D eigenvalue weighted by Gasteiger charge is -2.19. The Hall–Kier alpha value is -1.74. The number of fused-ring (bicyclic) bond motifs is 1. The molecule has 0 radical (unpaired) electrons. The summed E-state index contributed by atoms with van der Waals surface area (Å²) in [7, 11) is -7.61. The lowest BCUT2D eigenvalue weighted by atomic mass is 9.98. The molecule has 1 heterocycles. The van der Waals surface area contributed by atoms with Crippen molar-refractivity contribution >= 4 is 20.1 Å². The normalized spacial score (nSPS) is 27.2. The van der Waals surface area contributed by atoms with Gasteiger partial charge in [0, 0.05) is 6.04 Å². The third-order valence-corrected chi connectivity index (χ3v) is 8.74. The number of hydrogen-bond donors (Lipinski definition) is 0. The van der Waals surface area contributed by atoms with Crippen LogP contribution in [0.5, 0.6) is 0 Å². The zero-order valence-corrected chi connectivity index (χ0v) is 17.4. The lowest BCUT2D eigenvalue weighted by molar-refractivity contribution is 0.175. The van der Waals surface area contributed by atoms with Gasteiger partial charge in [-0.05, 0) is 57.4 Å². The average molecular weight is 422 g/mol. The standard InChI is InChI=1S/C20H23NO5S2/c1-14-6-10-16(11-7-14)27(22,23)21-18-4-3-5-19(20(18)21)26-28(24,25)17-12-8-15(2)9-13-17/h6-13,18-20H,3-5H2,1-2H3/t18-,19?,20-,21?/m1/s1. The van der Waals surface area contributed by atoms with E-state index in [0.717, 1.165) is 24.0 Å². The van der Waals surface area contributed by atoms with Crippen molar-refractivity contribution in [1.82, 2.24) is 4.31 Å². The van der Waals surface area contributed by atoms with Gasteiger partial charge in [0.2, 0.25) is 10.0 Å². The molecule has 150 valence electrons. The van der Waals surface area contributed by atoms with Crippen LogP contribution < -0.4 is 0 Å². The SMILES string of the molecule is Cc1ccc(S(=O)(=O)OC2CCC[C@@H]3[C@H]2N3S(=O)(=O)c2ccc(C)cc2)cc1. The molecule has 8 heteroatoms. The van der Waals surface area contributed by atoms with Gasteiger partial charge < -0.3 is 0 Å². The quantitative estimate of drug-likeness (QED) is 0.548. The minimum Gasteiger partial charge on any atom is -0.261 e. The molecule has 2 unspecified atom stereocenters. The van der Waals surface area contributed by atoms with Crippen molar-refractivity contribution in [2.75, 3.05) is 0 Å². The van der Waals surface area contributed by atoms with Crippen LogP contribution in [0.1, 0.15) is 30.4 Å². The molecule has 4 atom stereocenters. The van der Waals surface area contributed by atoms with Crippen molar-refractivity contribution in [2.24, 2.45) is 0 Å². The van der Waals surface area contributed by atoms with Crippen LogP contribution >= 0.6 is 0 Å². The molecule has 1 saturated carbocycles. The maximum absolute atomic E-state index is 13.0. The van der Waals surface area contributed by atoms with E-state index in [1.807, 2.05) is 13.8 Å². The maximum atomic E-state index is 13.0. The first-order chi connectivity index (χ1) is 13.2. The van der Waals surface area contributed by atoms with E-state index in [1.54, 1.807) is 36.4 Å². The summed E-state index contributed by atoms with van der Waals surface area (Å²) >= 11 is 0. The molecule has 4 rings (SSSR count). The first kappa shape index (κ1) is 19.6. The Labute approximate surface area is 166 Å². The highest BCUT2D eigenvalue weighted by Crippen LogP contribution is 2.46. The van der Waals surface area contributed by atoms with Gasteiger partial charge in [-0.1, -0.05) is 35.4 Å². The maximum Gasteiger partial charge on any atom is 0.297 e. The van der Waals surface area contributed by atoms with Crippen LogP contribution in [-0.4, -0.2) is 39.3 Å². The van der Waals surface area contributed by atoms with Gasteiger partial charge in [-0.2, -0.15) is 12.7 Å². The molecule has 0 bridgehead atoms. The molecule has 0 amide bonds. The van der Waals surface area contributed by atoms with Crippen LogP contribution in [0.2, 0.25) is 0 Å². The van der Waals surface area contributed by atoms with Crippen LogP contribution in [0, 0.1) is 13.8 Å². The topological polar surface area (TPSA) is 80.5 Å². The van der Waals surface area contributed by atoms with Gasteiger partial charge in [0.05, 0.1) is 21.9 Å². The monoisotopic (exact) mass is 421 g/mol. The number of aryl methyl sites for hydroxylation is 2. The van der Waals surface area contributed by atoms with Gasteiger partial charge in [0.25, 0.3) is 10.1 Å². The minimum atomic E-state index is -3.94. The molecule has 2 aromatic rings. The molecular weight excluding hydrogens is 398 g/mol. The smallest absolute Gasteiger partial charge is 0.261 e. The number of rotatable bonds is 5. The summed E-state index contributed by atoms with van der Waals surface area (Å²) in [5.41, 5.74) is 1.93. The van der Waals surface area contributed by atoms with E-state index in [0.29, 0.717) is 6.42 Å². The molecule has 0 N–H and O–H groups in total. The predicted octanol–water partition coefficient (Wildman–Crippen LogP) is 3.00. The van der Waals surface area contributed by atoms with Crippen molar-refractivity contribution in [1.29, 1.82) is 0 Å². The fourth-order valence-electron chi connectivity index (χ4n) is 3.88. The lowest BCUT2D eigenvalue weighted by Crippen LogP contribution is -2.30. The second kappa shape index (κ2) is 6.95. The highest BCUT2D eigenvalue weighted by molar-refractivity contribution is 7.89. The van der Waals surface area contributed by atoms with E-state index in [9.17, 15) is 16.8 Å². The summed E-state index contributed by atoms with van der Waals surface area (Å²) in [6.45, 7) is 3.77. The van der Waals surface area contributed by atoms with Gasteiger partial charge in [0.1, 0.15) is 0 Å². The second-order valence-corrected chi connectivity index (χ2v) is 11.0. The summed E-state index contributed by atoms with van der Waals surface area (Å²) in [4.78, 5) is 0.321. The Kier molecular flexibility index (Phi) is 4.86. The first-order valence-electron chi connectivity index (χ1n) is 9.30. The van der Waals surface area contributed by atoms with Crippen molar-refractivity contribution in [3.63, 3.8) is 0 Å². The van der Waals surface area contributed by atoms with E-state index < -0.39 is 32.3 Å². The summed E-state index contributed by atoms with van der Waals surface area (Å²) in [6, 6.07) is 12.5. The van der Waals surface area contributed by atoms with Gasteiger partial charge in [-0.3, -0.25) is 4.18 Å². The van der Waals surface area contributed by atoms with Crippen molar-refractivity contribution in [2.45, 2.75) is 61.1 Å². The summed E-state index contributed by atoms with van der Waals surface area (Å²) in [5.74, 6) is 0. The van der Waals surface area contributed by atoms with E-state index >= 15 is 0 Å². The Morgan fingerprint density at radius 1 is 0.821 bits per heavy atom. The molecule has 2 fully saturated rings. The zero-order chi connectivity index (χ0) is 20.1.